The highest BCUT2D eigenvalue weighted by atomic mass is 35.5. The Labute approximate surface area is 110 Å². The van der Waals surface area contributed by atoms with Crippen molar-refractivity contribution in [3.8, 4) is 11.3 Å². The average molecular weight is 255 g/mol. The van der Waals surface area contributed by atoms with Crippen LogP contribution in [-0.2, 0) is 0 Å². The van der Waals surface area contributed by atoms with Gasteiger partial charge in [-0.2, -0.15) is 0 Å². The van der Waals surface area contributed by atoms with E-state index in [4.69, 9.17) is 11.6 Å². The molecule has 0 aliphatic heterocycles. The predicted octanol–water partition coefficient (Wildman–Crippen LogP) is 4.26. The van der Waals surface area contributed by atoms with Crippen LogP contribution in [0.25, 0.3) is 22.3 Å². The van der Waals surface area contributed by atoms with Gasteiger partial charge in [-0.25, -0.2) is 9.97 Å². The van der Waals surface area contributed by atoms with Crippen LogP contribution in [0.4, 0.5) is 0 Å². The van der Waals surface area contributed by atoms with Crippen LogP contribution in [0.1, 0.15) is 5.69 Å². The van der Waals surface area contributed by atoms with E-state index in [1.165, 1.54) is 0 Å². The molecule has 0 aliphatic rings. The summed E-state index contributed by atoms with van der Waals surface area (Å²) in [6.45, 7) is 1.98. The van der Waals surface area contributed by atoms with E-state index in [0.717, 1.165) is 33.0 Å². The molecule has 0 N–H and O–H groups in total. The fraction of sp³-hybridized carbons (Fsp3) is 0.0667. The first-order valence-corrected chi connectivity index (χ1v) is 6.11. The summed E-state index contributed by atoms with van der Waals surface area (Å²) in [5.74, 6) is 0. The normalized spacial score (nSPS) is 10.8. The first kappa shape index (κ1) is 11.2. The molecule has 0 atom stereocenters. The van der Waals surface area contributed by atoms with Crippen molar-refractivity contribution in [2.24, 2.45) is 0 Å². The Bertz CT molecular complexity index is 705. The van der Waals surface area contributed by atoms with Crippen LogP contribution in [0.5, 0.6) is 0 Å². The molecule has 0 spiro atoms. The van der Waals surface area contributed by atoms with Crippen LogP contribution in [0.15, 0.2) is 48.5 Å². The van der Waals surface area contributed by atoms with E-state index in [2.05, 4.69) is 9.97 Å². The predicted molar refractivity (Wildman–Crippen MR) is 74.7 cm³/mol. The molecule has 88 valence electrons. The summed E-state index contributed by atoms with van der Waals surface area (Å²) in [6.07, 6.45) is 0. The second kappa shape index (κ2) is 4.39. The Morgan fingerprint density at radius 2 is 1.44 bits per heavy atom. The number of aryl methyl sites for hydroxylation is 1. The van der Waals surface area contributed by atoms with Gasteiger partial charge in [0.25, 0.3) is 0 Å². The van der Waals surface area contributed by atoms with Crippen molar-refractivity contribution >= 4 is 22.6 Å². The fourth-order valence-corrected chi connectivity index (χ4v) is 2.10. The van der Waals surface area contributed by atoms with Gasteiger partial charge in [-0.1, -0.05) is 35.9 Å². The summed E-state index contributed by atoms with van der Waals surface area (Å²) in [4.78, 5) is 9.25. The van der Waals surface area contributed by atoms with E-state index in [9.17, 15) is 0 Å². The molecule has 2 aromatic carbocycles. The summed E-state index contributed by atoms with van der Waals surface area (Å²) < 4.78 is 0. The number of aromatic nitrogens is 2. The van der Waals surface area contributed by atoms with Crippen LogP contribution in [-0.4, -0.2) is 9.97 Å². The largest absolute Gasteiger partial charge is 0.249 e. The van der Waals surface area contributed by atoms with Crippen molar-refractivity contribution in [1.29, 1.82) is 0 Å². The third kappa shape index (κ3) is 1.95. The molecule has 0 radical (unpaired) electrons. The molecule has 0 aliphatic carbocycles. The molecule has 1 heterocycles. The zero-order chi connectivity index (χ0) is 12.5. The number of para-hydroxylation sites is 2. The molecule has 0 bridgehead atoms. The second-order valence-corrected chi connectivity index (χ2v) is 4.59. The Morgan fingerprint density at radius 3 is 2.11 bits per heavy atom. The summed E-state index contributed by atoms with van der Waals surface area (Å²) >= 11 is 5.90. The fourth-order valence-electron chi connectivity index (χ4n) is 1.97. The van der Waals surface area contributed by atoms with Crippen molar-refractivity contribution in [3.63, 3.8) is 0 Å². The van der Waals surface area contributed by atoms with Crippen LogP contribution >= 0.6 is 11.6 Å². The van der Waals surface area contributed by atoms with Gasteiger partial charge in [0, 0.05) is 10.6 Å². The highest BCUT2D eigenvalue weighted by Gasteiger charge is 2.07. The number of halogens is 1. The van der Waals surface area contributed by atoms with Gasteiger partial charge in [0.2, 0.25) is 0 Å². The third-order valence-electron chi connectivity index (χ3n) is 2.86. The van der Waals surface area contributed by atoms with Crippen molar-refractivity contribution in [1.82, 2.24) is 9.97 Å². The highest BCUT2D eigenvalue weighted by Crippen LogP contribution is 2.24. The molecule has 0 fully saturated rings. The van der Waals surface area contributed by atoms with Crippen molar-refractivity contribution in [2.75, 3.05) is 0 Å². The standard InChI is InChI=1S/C15H11ClN2/c1-10-15(11-6-8-12(16)9-7-11)18-14-5-3-2-4-13(14)17-10/h2-9H,1H3. The molecular weight excluding hydrogens is 244 g/mol. The van der Waals surface area contributed by atoms with E-state index in [0.29, 0.717) is 0 Å². The lowest BCUT2D eigenvalue weighted by atomic mass is 10.1. The zero-order valence-electron chi connectivity index (χ0n) is 9.89. The lowest BCUT2D eigenvalue weighted by molar-refractivity contribution is 1.19. The average Bonchev–Trinajstić information content (AvgIpc) is 2.39. The molecule has 0 amide bonds. The minimum absolute atomic E-state index is 0.727. The number of nitrogens with zero attached hydrogens (tertiary/aromatic N) is 2. The lowest BCUT2D eigenvalue weighted by Crippen LogP contribution is -1.93. The van der Waals surface area contributed by atoms with Crippen molar-refractivity contribution < 1.29 is 0 Å². The molecule has 2 nitrogen and oxygen atoms in total. The second-order valence-electron chi connectivity index (χ2n) is 4.15. The number of benzene rings is 2. The first-order valence-electron chi connectivity index (χ1n) is 5.73. The molecule has 1 aromatic heterocycles. The lowest BCUT2D eigenvalue weighted by Gasteiger charge is -2.06. The van der Waals surface area contributed by atoms with Gasteiger partial charge in [-0.05, 0) is 31.2 Å². The zero-order valence-corrected chi connectivity index (χ0v) is 10.6. The van der Waals surface area contributed by atoms with E-state index in [1.807, 2.05) is 55.5 Å². The maximum Gasteiger partial charge on any atom is 0.0922 e. The van der Waals surface area contributed by atoms with Gasteiger partial charge in [-0.15, -0.1) is 0 Å². The molecule has 3 aromatic rings. The summed E-state index contributed by atoms with van der Waals surface area (Å²) in [6, 6.07) is 15.6. The van der Waals surface area contributed by atoms with Crippen LogP contribution in [0.2, 0.25) is 5.02 Å². The van der Waals surface area contributed by atoms with E-state index in [1.54, 1.807) is 0 Å². The molecular formula is C15H11ClN2. The number of fused-ring (bicyclic) bond motifs is 1. The molecule has 0 saturated heterocycles. The smallest absolute Gasteiger partial charge is 0.0922 e. The van der Waals surface area contributed by atoms with E-state index >= 15 is 0 Å². The van der Waals surface area contributed by atoms with Gasteiger partial charge >= 0.3 is 0 Å². The van der Waals surface area contributed by atoms with Crippen LogP contribution < -0.4 is 0 Å². The van der Waals surface area contributed by atoms with Gasteiger partial charge in [0.1, 0.15) is 0 Å². The quantitative estimate of drug-likeness (QED) is 0.648. The number of hydrogen-bond donors (Lipinski definition) is 0. The Hall–Kier alpha value is -1.93. The summed E-state index contributed by atoms with van der Waals surface area (Å²) in [5.41, 5.74) is 4.71. The Balaban J connectivity index is 2.22. The minimum Gasteiger partial charge on any atom is -0.249 e. The van der Waals surface area contributed by atoms with Gasteiger partial charge in [-0.3, -0.25) is 0 Å². The molecule has 3 rings (SSSR count). The molecule has 18 heavy (non-hydrogen) atoms. The number of rotatable bonds is 1. The first-order chi connectivity index (χ1) is 8.74. The van der Waals surface area contributed by atoms with Gasteiger partial charge < -0.3 is 0 Å². The van der Waals surface area contributed by atoms with Crippen LogP contribution in [0.3, 0.4) is 0 Å². The monoisotopic (exact) mass is 254 g/mol. The summed E-state index contributed by atoms with van der Waals surface area (Å²) in [7, 11) is 0. The number of hydrogen-bond acceptors (Lipinski definition) is 2. The van der Waals surface area contributed by atoms with E-state index < -0.39 is 0 Å². The Morgan fingerprint density at radius 1 is 0.833 bits per heavy atom. The highest BCUT2D eigenvalue weighted by molar-refractivity contribution is 6.30. The third-order valence-corrected chi connectivity index (χ3v) is 3.11. The van der Waals surface area contributed by atoms with Crippen LogP contribution in [0, 0.1) is 6.92 Å². The maximum absolute atomic E-state index is 5.90. The minimum atomic E-state index is 0.727. The Kier molecular flexibility index (Phi) is 2.73. The molecule has 0 unspecified atom stereocenters. The summed E-state index contributed by atoms with van der Waals surface area (Å²) in [5, 5.41) is 0.727. The topological polar surface area (TPSA) is 25.8 Å². The van der Waals surface area contributed by atoms with Gasteiger partial charge in [0.05, 0.1) is 22.4 Å². The van der Waals surface area contributed by atoms with Crippen molar-refractivity contribution in [3.05, 3.63) is 59.2 Å². The maximum atomic E-state index is 5.90. The molecule has 0 saturated carbocycles. The SMILES string of the molecule is Cc1nc2ccccc2nc1-c1ccc(Cl)cc1. The van der Waals surface area contributed by atoms with E-state index in [-0.39, 0.29) is 0 Å². The van der Waals surface area contributed by atoms with Crippen molar-refractivity contribution in [2.45, 2.75) is 6.92 Å². The molecule has 3 heteroatoms. The van der Waals surface area contributed by atoms with Gasteiger partial charge in [0.15, 0.2) is 0 Å².